The summed E-state index contributed by atoms with van der Waals surface area (Å²) in [5, 5.41) is 0. The van der Waals surface area contributed by atoms with Crippen molar-refractivity contribution in [1.29, 1.82) is 0 Å². The Bertz CT molecular complexity index is 421. The second kappa shape index (κ2) is 5.46. The summed E-state index contributed by atoms with van der Waals surface area (Å²) in [6, 6.07) is 7.10. The summed E-state index contributed by atoms with van der Waals surface area (Å²) in [4.78, 5) is 0.366. The minimum absolute atomic E-state index is 0.0104. The van der Waals surface area contributed by atoms with Gasteiger partial charge in [-0.05, 0) is 30.0 Å². The van der Waals surface area contributed by atoms with E-state index >= 15 is 0 Å². The summed E-state index contributed by atoms with van der Waals surface area (Å²) in [6.07, 6.45) is 0.969. The third-order valence-corrected chi connectivity index (χ3v) is 4.08. The Kier molecular flexibility index (Phi) is 4.50. The normalized spacial score (nSPS) is 12.0. The van der Waals surface area contributed by atoms with Crippen LogP contribution in [0.4, 0.5) is 0 Å². The molecule has 1 aromatic rings. The number of sulfone groups is 1. The van der Waals surface area contributed by atoms with Gasteiger partial charge < -0.3 is 5.73 Å². The van der Waals surface area contributed by atoms with Gasteiger partial charge in [0.25, 0.3) is 0 Å². The Hall–Kier alpha value is -0.870. The monoisotopic (exact) mass is 241 g/mol. The molecule has 0 bridgehead atoms. The van der Waals surface area contributed by atoms with Gasteiger partial charge in [0.05, 0.1) is 10.6 Å². The molecule has 0 aliphatic rings. The largest absolute Gasteiger partial charge is 0.329 e. The highest BCUT2D eigenvalue weighted by atomic mass is 32.2. The molecule has 0 radical (unpaired) electrons. The topological polar surface area (TPSA) is 60.2 Å². The molecule has 0 heterocycles. The highest BCUT2D eigenvalue weighted by Crippen LogP contribution is 2.14. The van der Waals surface area contributed by atoms with Gasteiger partial charge in [0.2, 0.25) is 0 Å². The second-order valence-electron chi connectivity index (χ2n) is 4.35. The van der Waals surface area contributed by atoms with Gasteiger partial charge in [0.1, 0.15) is 0 Å². The lowest BCUT2D eigenvalue weighted by molar-refractivity contribution is 0.595. The number of nitrogens with two attached hydrogens (primary N) is 1. The summed E-state index contributed by atoms with van der Waals surface area (Å²) in [6.45, 7) is 4.44. The van der Waals surface area contributed by atoms with Crippen molar-refractivity contribution in [3.63, 3.8) is 0 Å². The molecule has 0 aliphatic carbocycles. The first kappa shape index (κ1) is 13.2. The molecular weight excluding hydrogens is 222 g/mol. The molecule has 0 atom stereocenters. The Morgan fingerprint density at radius 1 is 1.19 bits per heavy atom. The summed E-state index contributed by atoms with van der Waals surface area (Å²) >= 11 is 0. The van der Waals surface area contributed by atoms with Gasteiger partial charge in [-0.3, -0.25) is 0 Å². The predicted molar refractivity (Wildman–Crippen MR) is 66.1 cm³/mol. The fourth-order valence-corrected chi connectivity index (χ4v) is 2.67. The quantitative estimate of drug-likeness (QED) is 0.852. The maximum atomic E-state index is 11.7. The fraction of sp³-hybridized carbons (Fsp3) is 0.500. The maximum absolute atomic E-state index is 11.7. The minimum atomic E-state index is -3.18. The molecule has 0 unspecified atom stereocenters. The van der Waals surface area contributed by atoms with E-state index in [2.05, 4.69) is 13.8 Å². The van der Waals surface area contributed by atoms with E-state index < -0.39 is 9.84 Å². The van der Waals surface area contributed by atoms with E-state index in [9.17, 15) is 8.42 Å². The molecule has 0 saturated heterocycles. The van der Waals surface area contributed by atoms with E-state index in [1.54, 1.807) is 12.1 Å². The van der Waals surface area contributed by atoms with Crippen molar-refractivity contribution < 1.29 is 8.42 Å². The molecule has 0 saturated carbocycles. The Balaban J connectivity index is 2.87. The van der Waals surface area contributed by atoms with Crippen LogP contribution in [0.15, 0.2) is 29.2 Å². The van der Waals surface area contributed by atoms with Crippen LogP contribution in [0.25, 0.3) is 0 Å². The van der Waals surface area contributed by atoms with Crippen molar-refractivity contribution in [3.8, 4) is 0 Å². The Labute approximate surface area is 97.6 Å². The molecule has 4 heteroatoms. The first-order chi connectivity index (χ1) is 7.45. The number of benzene rings is 1. The molecule has 0 fully saturated rings. The molecule has 3 nitrogen and oxygen atoms in total. The molecule has 16 heavy (non-hydrogen) atoms. The molecule has 0 amide bonds. The molecule has 1 aromatic carbocycles. The summed E-state index contributed by atoms with van der Waals surface area (Å²) in [7, 11) is -3.18. The van der Waals surface area contributed by atoms with Crippen LogP contribution in [0.1, 0.15) is 19.4 Å². The zero-order valence-corrected chi connectivity index (χ0v) is 10.6. The third-order valence-electron chi connectivity index (χ3n) is 2.31. The molecular formula is C12H19NO2S. The van der Waals surface area contributed by atoms with Gasteiger partial charge >= 0.3 is 0 Å². The lowest BCUT2D eigenvalue weighted by atomic mass is 10.0. The van der Waals surface area contributed by atoms with Gasteiger partial charge in [-0.1, -0.05) is 26.0 Å². The van der Waals surface area contributed by atoms with Crippen molar-refractivity contribution >= 4 is 9.84 Å². The number of rotatable bonds is 5. The molecule has 1 rings (SSSR count). The van der Waals surface area contributed by atoms with E-state index in [0.717, 1.165) is 6.42 Å². The van der Waals surface area contributed by atoms with Crippen molar-refractivity contribution in [2.24, 2.45) is 11.7 Å². The van der Waals surface area contributed by atoms with Crippen LogP contribution in [0.5, 0.6) is 0 Å². The average molecular weight is 241 g/mol. The second-order valence-corrected chi connectivity index (χ2v) is 6.46. The number of hydrogen-bond acceptors (Lipinski definition) is 3. The summed E-state index contributed by atoms with van der Waals surface area (Å²) < 4.78 is 23.4. The third kappa shape index (κ3) is 3.61. The molecule has 2 N–H and O–H groups in total. The average Bonchev–Trinajstić information content (AvgIpc) is 2.17. The smallest absolute Gasteiger partial charge is 0.179 e. The van der Waals surface area contributed by atoms with Crippen LogP contribution in [0.2, 0.25) is 0 Å². The van der Waals surface area contributed by atoms with E-state index in [1.165, 1.54) is 5.56 Å². The van der Waals surface area contributed by atoms with Crippen LogP contribution >= 0.6 is 0 Å². The van der Waals surface area contributed by atoms with Gasteiger partial charge in [0.15, 0.2) is 9.84 Å². The summed E-state index contributed by atoms with van der Waals surface area (Å²) in [5.74, 6) is 0.586. The minimum Gasteiger partial charge on any atom is -0.329 e. The van der Waals surface area contributed by atoms with Crippen LogP contribution in [0.3, 0.4) is 0 Å². The predicted octanol–water partition coefficient (Wildman–Crippen LogP) is 1.62. The number of hydrogen-bond donors (Lipinski definition) is 1. The Morgan fingerprint density at radius 2 is 1.75 bits per heavy atom. The lowest BCUT2D eigenvalue weighted by Crippen LogP contribution is -2.15. The highest BCUT2D eigenvalue weighted by Gasteiger charge is 2.12. The first-order valence-electron chi connectivity index (χ1n) is 5.47. The molecule has 0 spiro atoms. The summed E-state index contributed by atoms with van der Waals surface area (Å²) in [5.41, 5.74) is 6.44. The molecule has 90 valence electrons. The van der Waals surface area contributed by atoms with E-state index in [-0.39, 0.29) is 12.3 Å². The molecule has 0 aromatic heterocycles. The van der Waals surface area contributed by atoms with Gasteiger partial charge in [0, 0.05) is 6.54 Å². The van der Waals surface area contributed by atoms with Gasteiger partial charge in [-0.25, -0.2) is 8.42 Å². The first-order valence-corrected chi connectivity index (χ1v) is 7.12. The lowest BCUT2D eigenvalue weighted by Gasteiger charge is -2.06. The van der Waals surface area contributed by atoms with E-state index in [1.807, 2.05) is 12.1 Å². The standard InChI is InChI=1S/C12H19NO2S/c1-10(2)9-11-3-5-12(6-4-11)16(14,15)8-7-13/h3-6,10H,7-9,13H2,1-2H3. The fourth-order valence-electron chi connectivity index (χ4n) is 1.58. The maximum Gasteiger partial charge on any atom is 0.179 e. The SMILES string of the molecule is CC(C)Cc1ccc(S(=O)(=O)CCN)cc1. The van der Waals surface area contributed by atoms with Crippen LogP contribution in [-0.2, 0) is 16.3 Å². The molecule has 0 aliphatic heterocycles. The van der Waals surface area contributed by atoms with Gasteiger partial charge in [-0.2, -0.15) is 0 Å². The van der Waals surface area contributed by atoms with E-state index in [4.69, 9.17) is 5.73 Å². The van der Waals surface area contributed by atoms with Gasteiger partial charge in [-0.15, -0.1) is 0 Å². The van der Waals surface area contributed by atoms with Crippen molar-refractivity contribution in [2.75, 3.05) is 12.3 Å². The Morgan fingerprint density at radius 3 is 2.19 bits per heavy atom. The van der Waals surface area contributed by atoms with Crippen molar-refractivity contribution in [3.05, 3.63) is 29.8 Å². The van der Waals surface area contributed by atoms with Crippen LogP contribution in [0, 0.1) is 5.92 Å². The van der Waals surface area contributed by atoms with Crippen molar-refractivity contribution in [2.45, 2.75) is 25.2 Å². The van der Waals surface area contributed by atoms with Crippen molar-refractivity contribution in [1.82, 2.24) is 0 Å². The highest BCUT2D eigenvalue weighted by molar-refractivity contribution is 7.91. The zero-order valence-electron chi connectivity index (χ0n) is 9.81. The van der Waals surface area contributed by atoms with Crippen LogP contribution in [-0.4, -0.2) is 20.7 Å². The van der Waals surface area contributed by atoms with E-state index in [0.29, 0.717) is 10.8 Å². The zero-order chi connectivity index (χ0) is 12.2. The van der Waals surface area contributed by atoms with Crippen LogP contribution < -0.4 is 5.73 Å².